The molecular weight excluding hydrogens is 549 g/mol. The maximum absolute atomic E-state index is 13.3. The fraction of sp³-hybridized carbons (Fsp3) is 0.258. The lowest BCUT2D eigenvalue weighted by molar-refractivity contribution is -0.377. The maximum atomic E-state index is 13.3. The van der Waals surface area contributed by atoms with Gasteiger partial charge in [0.25, 0.3) is 0 Å². The number of methoxy groups -OCH3 is 1. The van der Waals surface area contributed by atoms with Crippen LogP contribution in [0.2, 0.25) is 10.0 Å². The second-order valence-corrected chi connectivity index (χ2v) is 10.5. The van der Waals surface area contributed by atoms with E-state index in [9.17, 15) is 4.79 Å². The van der Waals surface area contributed by atoms with Crippen LogP contribution >= 0.6 is 23.2 Å². The number of rotatable bonds is 12. The number of halogens is 2. The normalized spacial score (nSPS) is 13.4. The number of nitrogens with zero attached hydrogens (tertiary/aromatic N) is 1. The topological polar surface area (TPSA) is 83.8 Å². The number of esters is 1. The van der Waals surface area contributed by atoms with E-state index in [1.54, 1.807) is 44.0 Å². The quantitative estimate of drug-likeness (QED) is 0.187. The van der Waals surface area contributed by atoms with Crippen molar-refractivity contribution >= 4 is 34.9 Å². The summed E-state index contributed by atoms with van der Waals surface area (Å²) in [7, 11) is 1.60. The van der Waals surface area contributed by atoms with Gasteiger partial charge in [0.2, 0.25) is 0 Å². The van der Waals surface area contributed by atoms with Crippen LogP contribution in [-0.4, -0.2) is 24.7 Å². The molecule has 206 valence electrons. The summed E-state index contributed by atoms with van der Waals surface area (Å²) < 4.78 is 17.7. The Labute approximate surface area is 243 Å². The van der Waals surface area contributed by atoms with Crippen molar-refractivity contribution in [2.45, 2.75) is 31.9 Å². The number of aromatic amines is 1. The molecular formula is C31H30Cl2N3O4+. The molecule has 2 aromatic carbocycles. The van der Waals surface area contributed by atoms with Gasteiger partial charge < -0.3 is 19.5 Å². The van der Waals surface area contributed by atoms with Gasteiger partial charge in [-0.05, 0) is 66.3 Å². The number of nitrogens with one attached hydrogen (secondary N) is 2. The Balaban J connectivity index is 1.35. The Morgan fingerprint density at radius 1 is 1.07 bits per heavy atom. The van der Waals surface area contributed by atoms with Crippen molar-refractivity contribution < 1.29 is 24.0 Å². The third-order valence-corrected chi connectivity index (χ3v) is 7.39. The van der Waals surface area contributed by atoms with Crippen molar-refractivity contribution in [3.8, 4) is 11.5 Å². The van der Waals surface area contributed by atoms with Crippen molar-refractivity contribution in [3.63, 3.8) is 0 Å². The fourth-order valence-corrected chi connectivity index (χ4v) is 4.74. The highest BCUT2D eigenvalue weighted by atomic mass is 35.5. The summed E-state index contributed by atoms with van der Waals surface area (Å²) in [5.74, 6) is 1.35. The van der Waals surface area contributed by atoms with E-state index in [1.165, 1.54) is 12.8 Å². The number of carbonyl (C=O) groups is 1. The Hall–Kier alpha value is -3.81. The molecule has 1 unspecified atom stereocenters. The van der Waals surface area contributed by atoms with Gasteiger partial charge in [-0.1, -0.05) is 41.4 Å². The zero-order valence-electron chi connectivity index (χ0n) is 22.0. The van der Waals surface area contributed by atoms with E-state index in [4.69, 9.17) is 37.4 Å². The average molecular weight is 580 g/mol. The van der Waals surface area contributed by atoms with Crippen molar-refractivity contribution in [1.82, 2.24) is 4.98 Å². The third-order valence-electron chi connectivity index (χ3n) is 6.71. The lowest BCUT2D eigenvalue weighted by atomic mass is 10.0. The number of aromatic nitrogens is 2. The second kappa shape index (κ2) is 13.0. The van der Waals surface area contributed by atoms with Crippen LogP contribution in [0.1, 0.15) is 46.0 Å². The highest BCUT2D eigenvalue weighted by Gasteiger charge is 2.26. The molecule has 9 heteroatoms. The standard InChI is InChI=1S/C31H29Cl2N3O4/c1-38-28-11-10-23(13-30(28)39-19-21-4-5-21)29(14-25-26(32)17-35-18-27(25)33)40-31(37)22-8-6-20(7-9-22)15-36-24-3-2-12-34-16-24/h2-3,6-13,16-18,21,29,36H,4-5,14-15,19H2,1H3/p+1. The molecule has 1 atom stereocenters. The van der Waals surface area contributed by atoms with Crippen molar-refractivity contribution in [2.24, 2.45) is 5.92 Å². The molecule has 0 amide bonds. The first-order chi connectivity index (χ1) is 19.5. The molecule has 1 aliphatic carbocycles. The number of H-pyrrole nitrogens is 1. The molecule has 0 aliphatic heterocycles. The molecule has 2 heterocycles. The second-order valence-electron chi connectivity index (χ2n) is 9.68. The van der Waals surface area contributed by atoms with Crippen LogP contribution in [0, 0.1) is 5.92 Å². The van der Waals surface area contributed by atoms with Gasteiger partial charge >= 0.3 is 5.97 Å². The lowest BCUT2D eigenvalue weighted by Gasteiger charge is -2.21. The molecule has 1 aliphatic rings. The SMILES string of the molecule is COc1ccc(C(Cc2c(Cl)c[nH+]cc2Cl)OC(=O)c2ccc(CNc3cccnc3)cc2)cc1OCC1CC1. The van der Waals surface area contributed by atoms with Crippen LogP contribution in [0.3, 0.4) is 0 Å². The van der Waals surface area contributed by atoms with E-state index in [0.717, 1.165) is 16.8 Å². The van der Waals surface area contributed by atoms with E-state index in [1.807, 2.05) is 42.5 Å². The number of pyridine rings is 2. The molecule has 1 saturated carbocycles. The van der Waals surface area contributed by atoms with Crippen LogP contribution in [0.5, 0.6) is 11.5 Å². The van der Waals surface area contributed by atoms with Gasteiger partial charge in [-0.3, -0.25) is 4.98 Å². The Morgan fingerprint density at radius 2 is 1.85 bits per heavy atom. The Kier molecular flexibility index (Phi) is 9.04. The molecule has 5 rings (SSSR count). The van der Waals surface area contributed by atoms with Gasteiger partial charge in [-0.15, -0.1) is 0 Å². The van der Waals surface area contributed by atoms with Gasteiger partial charge in [0.15, 0.2) is 23.9 Å². The van der Waals surface area contributed by atoms with Gasteiger partial charge in [-0.25, -0.2) is 9.78 Å². The van der Waals surface area contributed by atoms with Gasteiger partial charge in [0, 0.05) is 30.9 Å². The smallest absolute Gasteiger partial charge is 0.338 e. The summed E-state index contributed by atoms with van der Waals surface area (Å²) in [6.45, 7) is 1.22. The van der Waals surface area contributed by atoms with E-state index < -0.39 is 12.1 Å². The van der Waals surface area contributed by atoms with Gasteiger partial charge in [0.1, 0.15) is 16.1 Å². The molecule has 0 saturated heterocycles. The number of benzene rings is 2. The molecule has 4 aromatic rings. The number of hydrogen-bond acceptors (Lipinski definition) is 6. The van der Waals surface area contributed by atoms with E-state index >= 15 is 0 Å². The molecule has 2 aromatic heterocycles. The van der Waals surface area contributed by atoms with Crippen LogP contribution in [0.4, 0.5) is 5.69 Å². The van der Waals surface area contributed by atoms with Crippen molar-refractivity contribution in [3.05, 3.63) is 112 Å². The molecule has 40 heavy (non-hydrogen) atoms. The number of anilines is 1. The van der Waals surface area contributed by atoms with Gasteiger partial charge in [-0.2, -0.15) is 0 Å². The maximum Gasteiger partial charge on any atom is 0.338 e. The number of carbonyl (C=O) groups excluding carboxylic acids is 1. The molecule has 0 radical (unpaired) electrons. The summed E-state index contributed by atoms with van der Waals surface area (Å²) in [5, 5.41) is 4.22. The Morgan fingerprint density at radius 3 is 2.52 bits per heavy atom. The molecule has 7 nitrogen and oxygen atoms in total. The molecule has 2 N–H and O–H groups in total. The van der Waals surface area contributed by atoms with Crippen LogP contribution in [0.25, 0.3) is 0 Å². The summed E-state index contributed by atoms with van der Waals surface area (Å²) >= 11 is 12.9. The third kappa shape index (κ3) is 7.23. The molecule has 0 bridgehead atoms. The van der Waals surface area contributed by atoms with Crippen LogP contribution in [-0.2, 0) is 17.7 Å². The largest absolute Gasteiger partial charge is 0.493 e. The molecule has 1 fully saturated rings. The summed E-state index contributed by atoms with van der Waals surface area (Å²) in [5.41, 5.74) is 3.80. The fourth-order valence-electron chi connectivity index (χ4n) is 4.21. The number of hydrogen-bond donors (Lipinski definition) is 1. The van der Waals surface area contributed by atoms with E-state index in [2.05, 4.69) is 15.3 Å². The first-order valence-corrected chi connectivity index (χ1v) is 13.8. The highest BCUT2D eigenvalue weighted by molar-refractivity contribution is 6.35. The van der Waals surface area contributed by atoms with Gasteiger partial charge in [0.05, 0.1) is 25.0 Å². The minimum atomic E-state index is -0.675. The average Bonchev–Trinajstić information content (AvgIpc) is 3.81. The van der Waals surface area contributed by atoms with Crippen LogP contribution in [0.15, 0.2) is 79.4 Å². The summed E-state index contributed by atoms with van der Waals surface area (Å²) in [6.07, 6.45) is 8.73. The predicted octanol–water partition coefficient (Wildman–Crippen LogP) is 6.75. The number of ether oxygens (including phenoxy) is 3. The minimum Gasteiger partial charge on any atom is -0.493 e. The van der Waals surface area contributed by atoms with Crippen LogP contribution < -0.4 is 19.8 Å². The minimum absolute atomic E-state index is 0.277. The summed E-state index contributed by atoms with van der Waals surface area (Å²) in [6, 6.07) is 16.7. The zero-order chi connectivity index (χ0) is 27.9. The predicted molar refractivity (Wildman–Crippen MR) is 154 cm³/mol. The first kappa shape index (κ1) is 27.7. The van der Waals surface area contributed by atoms with Crippen molar-refractivity contribution in [2.75, 3.05) is 19.0 Å². The monoisotopic (exact) mass is 578 g/mol. The zero-order valence-corrected chi connectivity index (χ0v) is 23.5. The van der Waals surface area contributed by atoms with E-state index in [-0.39, 0.29) is 6.42 Å². The Bertz CT molecular complexity index is 1430. The highest BCUT2D eigenvalue weighted by Crippen LogP contribution is 2.37. The lowest BCUT2D eigenvalue weighted by Crippen LogP contribution is -2.16. The first-order valence-electron chi connectivity index (χ1n) is 13.1. The van der Waals surface area contributed by atoms with E-state index in [0.29, 0.717) is 51.7 Å². The molecule has 0 spiro atoms. The summed E-state index contributed by atoms with van der Waals surface area (Å²) in [4.78, 5) is 20.4. The van der Waals surface area contributed by atoms with Crippen molar-refractivity contribution in [1.29, 1.82) is 0 Å².